The molecule has 0 aromatic heterocycles. The van der Waals surface area contributed by atoms with Gasteiger partial charge in [-0.2, -0.15) is 0 Å². The fraction of sp³-hybridized carbons (Fsp3) is 1.00. The summed E-state index contributed by atoms with van der Waals surface area (Å²) in [5.41, 5.74) is 6.50. The van der Waals surface area contributed by atoms with Gasteiger partial charge in [-0.05, 0) is 37.5 Å². The van der Waals surface area contributed by atoms with Gasteiger partial charge in [0.2, 0.25) is 0 Å². The molecule has 0 bridgehead atoms. The summed E-state index contributed by atoms with van der Waals surface area (Å²) in [6.45, 7) is 5.59. The van der Waals surface area contributed by atoms with Crippen LogP contribution >= 0.6 is 0 Å². The van der Waals surface area contributed by atoms with Gasteiger partial charge in [-0.25, -0.2) is 0 Å². The van der Waals surface area contributed by atoms with E-state index in [0.717, 1.165) is 24.4 Å². The van der Waals surface area contributed by atoms with Crippen LogP contribution in [0.15, 0.2) is 0 Å². The monoisotopic (exact) mass is 266 g/mol. The molecule has 2 aliphatic carbocycles. The van der Waals surface area contributed by atoms with Crippen molar-refractivity contribution in [1.29, 1.82) is 0 Å². The van der Waals surface area contributed by atoms with Crippen LogP contribution in [0.2, 0.25) is 0 Å². The van der Waals surface area contributed by atoms with Gasteiger partial charge in [-0.15, -0.1) is 0 Å². The lowest BCUT2D eigenvalue weighted by Gasteiger charge is -2.48. The lowest BCUT2D eigenvalue weighted by molar-refractivity contribution is 0.0926. The summed E-state index contributed by atoms with van der Waals surface area (Å²) in [5, 5.41) is 4.07. The normalized spacial score (nSPS) is 34.4. The molecule has 2 atom stereocenters. The highest BCUT2D eigenvalue weighted by molar-refractivity contribution is 5.01. The summed E-state index contributed by atoms with van der Waals surface area (Å²) >= 11 is 0. The third-order valence-electron chi connectivity index (χ3n) is 5.61. The predicted molar refractivity (Wildman–Crippen MR) is 83.2 cm³/mol. The average Bonchev–Trinajstić information content (AvgIpc) is 2.67. The molecule has 0 radical (unpaired) electrons. The molecular weight excluding hydrogens is 232 g/mol. The zero-order chi connectivity index (χ0) is 13.7. The number of rotatable bonds is 4. The molecule has 0 saturated heterocycles. The Kier molecular flexibility index (Phi) is 5.70. The van der Waals surface area contributed by atoms with E-state index in [1.165, 1.54) is 64.2 Å². The molecule has 3 N–H and O–H groups in total. The maximum Gasteiger partial charge on any atom is 0.0337 e. The van der Waals surface area contributed by atoms with Gasteiger partial charge >= 0.3 is 0 Å². The van der Waals surface area contributed by atoms with Gasteiger partial charge < -0.3 is 11.1 Å². The molecule has 19 heavy (non-hydrogen) atoms. The molecular formula is C17H34N2. The third-order valence-corrected chi connectivity index (χ3v) is 5.61. The summed E-state index contributed by atoms with van der Waals surface area (Å²) in [7, 11) is 0. The van der Waals surface area contributed by atoms with Gasteiger partial charge in [0.25, 0.3) is 0 Å². The van der Waals surface area contributed by atoms with Crippen molar-refractivity contribution in [2.24, 2.45) is 17.6 Å². The maximum absolute atomic E-state index is 6.26. The lowest BCUT2D eigenvalue weighted by Crippen LogP contribution is -2.62. The van der Waals surface area contributed by atoms with Crippen LogP contribution < -0.4 is 11.1 Å². The zero-order valence-electron chi connectivity index (χ0n) is 13.1. The third kappa shape index (κ3) is 3.72. The van der Waals surface area contributed by atoms with Crippen LogP contribution in [0, 0.1) is 11.8 Å². The second kappa shape index (κ2) is 7.08. The Morgan fingerprint density at radius 2 is 1.63 bits per heavy atom. The van der Waals surface area contributed by atoms with Gasteiger partial charge in [0, 0.05) is 18.1 Å². The first kappa shape index (κ1) is 15.3. The smallest absolute Gasteiger partial charge is 0.0337 e. The summed E-state index contributed by atoms with van der Waals surface area (Å²) in [4.78, 5) is 0. The Morgan fingerprint density at radius 3 is 2.21 bits per heavy atom. The van der Waals surface area contributed by atoms with E-state index in [2.05, 4.69) is 19.2 Å². The Balaban J connectivity index is 2.05. The van der Waals surface area contributed by atoms with E-state index >= 15 is 0 Å². The largest absolute Gasteiger partial charge is 0.329 e. The second-order valence-electron chi connectivity index (χ2n) is 7.29. The molecule has 2 rings (SSSR count). The molecule has 2 nitrogen and oxygen atoms in total. The average molecular weight is 266 g/mol. The molecule has 2 saturated carbocycles. The number of hydrogen-bond donors (Lipinski definition) is 2. The molecule has 0 heterocycles. The van der Waals surface area contributed by atoms with Crippen LogP contribution in [0.1, 0.15) is 78.1 Å². The standard InChI is InChI=1S/C17H34N2/c1-14(2)16-11-7-8-12-17(16,13-18)19-15-9-5-3-4-6-10-15/h14-16,19H,3-13,18H2,1-2H3. The minimum Gasteiger partial charge on any atom is -0.329 e. The van der Waals surface area contributed by atoms with Crippen LogP contribution in [0.25, 0.3) is 0 Å². The Hall–Kier alpha value is -0.0800. The first-order valence-electron chi connectivity index (χ1n) is 8.66. The highest BCUT2D eigenvalue weighted by Gasteiger charge is 2.42. The highest BCUT2D eigenvalue weighted by atomic mass is 15.0. The molecule has 2 unspecified atom stereocenters. The van der Waals surface area contributed by atoms with Gasteiger partial charge in [-0.3, -0.25) is 0 Å². The van der Waals surface area contributed by atoms with Crippen molar-refractivity contribution in [3.8, 4) is 0 Å². The van der Waals surface area contributed by atoms with Crippen molar-refractivity contribution in [3.63, 3.8) is 0 Å². The summed E-state index contributed by atoms with van der Waals surface area (Å²) in [6, 6.07) is 0.727. The minimum atomic E-state index is 0.238. The van der Waals surface area contributed by atoms with E-state index < -0.39 is 0 Å². The van der Waals surface area contributed by atoms with Gasteiger partial charge in [-0.1, -0.05) is 52.4 Å². The van der Waals surface area contributed by atoms with E-state index in [4.69, 9.17) is 5.73 Å². The molecule has 0 spiro atoms. The SMILES string of the molecule is CC(C)C1CCCCC1(CN)NC1CCCCCC1. The Labute approximate surface area is 119 Å². The quantitative estimate of drug-likeness (QED) is 0.759. The van der Waals surface area contributed by atoms with E-state index in [0.29, 0.717) is 0 Å². The van der Waals surface area contributed by atoms with E-state index in [-0.39, 0.29) is 5.54 Å². The van der Waals surface area contributed by atoms with Gasteiger partial charge in [0.05, 0.1) is 0 Å². The highest BCUT2D eigenvalue weighted by Crippen LogP contribution is 2.39. The van der Waals surface area contributed by atoms with Crippen LogP contribution in [0.4, 0.5) is 0 Å². The maximum atomic E-state index is 6.26. The second-order valence-corrected chi connectivity index (χ2v) is 7.29. The first-order chi connectivity index (χ1) is 9.18. The fourth-order valence-corrected chi connectivity index (χ4v) is 4.56. The van der Waals surface area contributed by atoms with Crippen LogP contribution in [-0.4, -0.2) is 18.1 Å². The molecule has 0 amide bonds. The summed E-state index contributed by atoms with van der Waals surface area (Å²) in [6.07, 6.45) is 13.8. The van der Waals surface area contributed by atoms with E-state index in [1.54, 1.807) is 0 Å². The van der Waals surface area contributed by atoms with Gasteiger partial charge in [0.1, 0.15) is 0 Å². The molecule has 2 heteroatoms. The van der Waals surface area contributed by atoms with Crippen LogP contribution in [0.5, 0.6) is 0 Å². The fourth-order valence-electron chi connectivity index (χ4n) is 4.56. The van der Waals surface area contributed by atoms with Crippen molar-refractivity contribution >= 4 is 0 Å². The van der Waals surface area contributed by atoms with Crippen molar-refractivity contribution < 1.29 is 0 Å². The predicted octanol–water partition coefficient (Wildman–Crippen LogP) is 3.84. The lowest BCUT2D eigenvalue weighted by atomic mass is 9.67. The van der Waals surface area contributed by atoms with Crippen molar-refractivity contribution in [1.82, 2.24) is 5.32 Å². The van der Waals surface area contributed by atoms with Crippen molar-refractivity contribution in [2.75, 3.05) is 6.54 Å². The summed E-state index contributed by atoms with van der Waals surface area (Å²) in [5.74, 6) is 1.52. The van der Waals surface area contributed by atoms with Gasteiger partial charge in [0.15, 0.2) is 0 Å². The van der Waals surface area contributed by atoms with Crippen molar-refractivity contribution in [3.05, 3.63) is 0 Å². The number of nitrogens with one attached hydrogen (secondary N) is 1. The minimum absolute atomic E-state index is 0.238. The zero-order valence-corrected chi connectivity index (χ0v) is 13.1. The molecule has 2 aliphatic rings. The summed E-state index contributed by atoms with van der Waals surface area (Å²) < 4.78 is 0. The molecule has 112 valence electrons. The molecule has 0 aliphatic heterocycles. The van der Waals surface area contributed by atoms with E-state index in [1.807, 2.05) is 0 Å². The number of nitrogens with two attached hydrogens (primary N) is 1. The van der Waals surface area contributed by atoms with E-state index in [9.17, 15) is 0 Å². The van der Waals surface area contributed by atoms with Crippen molar-refractivity contribution in [2.45, 2.75) is 89.6 Å². The van der Waals surface area contributed by atoms with Crippen LogP contribution in [-0.2, 0) is 0 Å². The number of hydrogen-bond acceptors (Lipinski definition) is 2. The van der Waals surface area contributed by atoms with Crippen LogP contribution in [0.3, 0.4) is 0 Å². The topological polar surface area (TPSA) is 38.0 Å². The Morgan fingerprint density at radius 1 is 1.00 bits per heavy atom. The molecule has 2 fully saturated rings. The molecule has 0 aromatic carbocycles. The Bertz CT molecular complexity index is 256. The molecule has 0 aromatic rings. The first-order valence-corrected chi connectivity index (χ1v) is 8.66.